The van der Waals surface area contributed by atoms with E-state index in [9.17, 15) is 5.11 Å². The van der Waals surface area contributed by atoms with E-state index in [4.69, 9.17) is 0 Å². The molecule has 0 radical (unpaired) electrons. The summed E-state index contributed by atoms with van der Waals surface area (Å²) in [5, 5.41) is 13.5. The van der Waals surface area contributed by atoms with Crippen LogP contribution in [0, 0.1) is 12.8 Å². The standard InChI is InChI=1S/C17H28N2O/c1-13(2)10-18-11-16(20)12-19-8-4-5-15-9-14(3)6-7-17(15)19/h6-7,9,13,16,18,20H,4-5,8,10-12H2,1-3H3. The summed E-state index contributed by atoms with van der Waals surface area (Å²) in [6, 6.07) is 6.66. The Morgan fingerprint density at radius 2 is 2.10 bits per heavy atom. The molecule has 1 aromatic carbocycles. The van der Waals surface area contributed by atoms with Crippen molar-refractivity contribution in [3.63, 3.8) is 0 Å². The molecule has 0 aromatic heterocycles. The minimum atomic E-state index is -0.305. The Hall–Kier alpha value is -1.06. The number of aryl methyl sites for hydroxylation is 2. The van der Waals surface area contributed by atoms with E-state index in [2.05, 4.69) is 49.2 Å². The SMILES string of the molecule is Cc1ccc2c(c1)CCCN2CC(O)CNCC(C)C. The highest BCUT2D eigenvalue weighted by atomic mass is 16.3. The van der Waals surface area contributed by atoms with Gasteiger partial charge < -0.3 is 15.3 Å². The number of nitrogens with one attached hydrogen (secondary N) is 1. The molecule has 3 nitrogen and oxygen atoms in total. The summed E-state index contributed by atoms with van der Waals surface area (Å²) in [5.41, 5.74) is 4.06. The maximum absolute atomic E-state index is 10.2. The van der Waals surface area contributed by atoms with Gasteiger partial charge in [-0.1, -0.05) is 31.5 Å². The van der Waals surface area contributed by atoms with Crippen molar-refractivity contribution in [1.29, 1.82) is 0 Å². The number of aliphatic hydroxyl groups excluding tert-OH is 1. The van der Waals surface area contributed by atoms with Crippen LogP contribution in [0.4, 0.5) is 5.69 Å². The van der Waals surface area contributed by atoms with Crippen molar-refractivity contribution < 1.29 is 5.11 Å². The molecule has 1 aromatic rings. The van der Waals surface area contributed by atoms with Gasteiger partial charge in [-0.3, -0.25) is 0 Å². The Labute approximate surface area is 123 Å². The van der Waals surface area contributed by atoms with Crippen molar-refractivity contribution in [2.45, 2.75) is 39.7 Å². The molecule has 2 rings (SSSR count). The first-order chi connectivity index (χ1) is 9.56. The molecule has 0 spiro atoms. The molecule has 2 N–H and O–H groups in total. The van der Waals surface area contributed by atoms with E-state index >= 15 is 0 Å². The van der Waals surface area contributed by atoms with E-state index in [1.807, 2.05) is 0 Å². The number of fused-ring (bicyclic) bond motifs is 1. The predicted octanol–water partition coefficient (Wildman–Crippen LogP) is 2.35. The highest BCUT2D eigenvalue weighted by molar-refractivity contribution is 5.56. The normalized spacial score (nSPS) is 16.4. The number of β-amino-alcohol motifs (C(OH)–C–C–N with tert-alkyl or cyclic N) is 1. The fourth-order valence-corrected chi connectivity index (χ4v) is 2.85. The maximum atomic E-state index is 10.2. The number of rotatable bonds is 6. The van der Waals surface area contributed by atoms with Gasteiger partial charge in [0.05, 0.1) is 6.10 Å². The second-order valence-corrected chi connectivity index (χ2v) is 6.39. The molecule has 0 saturated carbocycles. The molecule has 0 saturated heterocycles. The highest BCUT2D eigenvalue weighted by Gasteiger charge is 2.19. The van der Waals surface area contributed by atoms with Crippen LogP contribution in [0.25, 0.3) is 0 Å². The number of nitrogens with zero attached hydrogens (tertiary/aromatic N) is 1. The van der Waals surface area contributed by atoms with Crippen LogP contribution in [0.3, 0.4) is 0 Å². The van der Waals surface area contributed by atoms with Crippen molar-refractivity contribution in [3.8, 4) is 0 Å². The van der Waals surface area contributed by atoms with E-state index in [-0.39, 0.29) is 6.10 Å². The zero-order valence-electron chi connectivity index (χ0n) is 13.0. The fraction of sp³-hybridized carbons (Fsp3) is 0.647. The summed E-state index contributed by atoms with van der Waals surface area (Å²) in [6.45, 7) is 9.93. The van der Waals surface area contributed by atoms with Crippen LogP contribution >= 0.6 is 0 Å². The van der Waals surface area contributed by atoms with Gasteiger partial charge in [0, 0.05) is 25.3 Å². The largest absolute Gasteiger partial charge is 0.390 e. The van der Waals surface area contributed by atoms with Crippen LogP contribution < -0.4 is 10.2 Å². The van der Waals surface area contributed by atoms with Crippen molar-refractivity contribution in [3.05, 3.63) is 29.3 Å². The van der Waals surface area contributed by atoms with E-state index < -0.39 is 0 Å². The second-order valence-electron chi connectivity index (χ2n) is 6.39. The van der Waals surface area contributed by atoms with E-state index in [0.29, 0.717) is 12.5 Å². The summed E-state index contributed by atoms with van der Waals surface area (Å²) in [7, 11) is 0. The van der Waals surface area contributed by atoms with Crippen molar-refractivity contribution in [1.82, 2.24) is 5.32 Å². The summed E-state index contributed by atoms with van der Waals surface area (Å²) in [6.07, 6.45) is 2.04. The maximum Gasteiger partial charge on any atom is 0.0839 e. The molecule has 112 valence electrons. The van der Waals surface area contributed by atoms with Gasteiger partial charge >= 0.3 is 0 Å². The van der Waals surface area contributed by atoms with Gasteiger partial charge in [-0.25, -0.2) is 0 Å². The zero-order chi connectivity index (χ0) is 14.5. The van der Waals surface area contributed by atoms with Gasteiger partial charge in [-0.15, -0.1) is 0 Å². The monoisotopic (exact) mass is 276 g/mol. The zero-order valence-corrected chi connectivity index (χ0v) is 13.0. The molecule has 1 aliphatic heterocycles. The Morgan fingerprint density at radius 3 is 2.85 bits per heavy atom. The van der Waals surface area contributed by atoms with Crippen LogP contribution in [-0.4, -0.2) is 37.4 Å². The number of anilines is 1. The number of aliphatic hydroxyl groups is 1. The Balaban J connectivity index is 1.91. The lowest BCUT2D eigenvalue weighted by Gasteiger charge is -2.33. The quantitative estimate of drug-likeness (QED) is 0.837. The third kappa shape index (κ3) is 4.22. The first kappa shape index (κ1) is 15.3. The molecular formula is C17H28N2O. The molecule has 0 bridgehead atoms. The van der Waals surface area contributed by atoms with Crippen LogP contribution in [0.1, 0.15) is 31.4 Å². The topological polar surface area (TPSA) is 35.5 Å². The molecule has 1 aliphatic rings. The van der Waals surface area contributed by atoms with E-state index in [1.54, 1.807) is 0 Å². The minimum absolute atomic E-state index is 0.305. The molecule has 1 atom stereocenters. The summed E-state index contributed by atoms with van der Waals surface area (Å²) >= 11 is 0. The second kappa shape index (κ2) is 7.09. The molecule has 3 heteroatoms. The lowest BCUT2D eigenvalue weighted by atomic mass is 9.99. The average molecular weight is 276 g/mol. The minimum Gasteiger partial charge on any atom is -0.390 e. The molecule has 0 aliphatic carbocycles. The number of hydrogen-bond acceptors (Lipinski definition) is 3. The molecule has 1 unspecified atom stereocenters. The van der Waals surface area contributed by atoms with Crippen molar-refractivity contribution >= 4 is 5.69 Å². The molecule has 0 amide bonds. The van der Waals surface area contributed by atoms with Crippen molar-refractivity contribution in [2.24, 2.45) is 5.92 Å². The lowest BCUT2D eigenvalue weighted by molar-refractivity contribution is 0.175. The Morgan fingerprint density at radius 1 is 1.30 bits per heavy atom. The predicted molar refractivity (Wildman–Crippen MR) is 85.4 cm³/mol. The van der Waals surface area contributed by atoms with Gasteiger partial charge in [0.2, 0.25) is 0 Å². The van der Waals surface area contributed by atoms with Gasteiger partial charge in [0.15, 0.2) is 0 Å². The molecule has 1 heterocycles. The third-order valence-corrected chi connectivity index (χ3v) is 3.81. The smallest absolute Gasteiger partial charge is 0.0839 e. The Bertz CT molecular complexity index is 431. The third-order valence-electron chi connectivity index (χ3n) is 3.81. The number of benzene rings is 1. The fourth-order valence-electron chi connectivity index (χ4n) is 2.85. The van der Waals surface area contributed by atoms with Crippen LogP contribution in [0.2, 0.25) is 0 Å². The van der Waals surface area contributed by atoms with Gasteiger partial charge in [0.1, 0.15) is 0 Å². The summed E-state index contributed by atoms with van der Waals surface area (Å²) in [4.78, 5) is 2.33. The first-order valence-corrected chi connectivity index (χ1v) is 7.79. The van der Waals surface area contributed by atoms with Crippen LogP contribution in [-0.2, 0) is 6.42 Å². The summed E-state index contributed by atoms with van der Waals surface area (Å²) in [5.74, 6) is 0.626. The van der Waals surface area contributed by atoms with Gasteiger partial charge in [-0.05, 0) is 43.9 Å². The molecule has 0 fully saturated rings. The molecule has 20 heavy (non-hydrogen) atoms. The van der Waals surface area contributed by atoms with Crippen molar-refractivity contribution in [2.75, 3.05) is 31.1 Å². The van der Waals surface area contributed by atoms with Gasteiger partial charge in [0.25, 0.3) is 0 Å². The van der Waals surface area contributed by atoms with Crippen LogP contribution in [0.15, 0.2) is 18.2 Å². The summed E-state index contributed by atoms with van der Waals surface area (Å²) < 4.78 is 0. The first-order valence-electron chi connectivity index (χ1n) is 7.79. The Kier molecular flexibility index (Phi) is 5.44. The van der Waals surface area contributed by atoms with Crippen LogP contribution in [0.5, 0.6) is 0 Å². The lowest BCUT2D eigenvalue weighted by Crippen LogP contribution is -2.41. The average Bonchev–Trinajstić information content (AvgIpc) is 2.38. The van der Waals surface area contributed by atoms with E-state index in [0.717, 1.165) is 26.1 Å². The number of hydrogen-bond donors (Lipinski definition) is 2. The van der Waals surface area contributed by atoms with Gasteiger partial charge in [-0.2, -0.15) is 0 Å². The van der Waals surface area contributed by atoms with E-state index in [1.165, 1.54) is 23.2 Å². The highest BCUT2D eigenvalue weighted by Crippen LogP contribution is 2.27. The molecular weight excluding hydrogens is 248 g/mol.